The normalized spacial score (nSPS) is 9.60. The number of hydrogen-bond acceptors (Lipinski definition) is 4. The molecular weight excluding hydrogens is 332 g/mol. The SMILES string of the molecule is C=Cc1ccc(O)cc1.Oc1ccccc1O[Si]c1ccccc1O. The molecule has 4 nitrogen and oxygen atoms in total. The fourth-order valence-corrected chi connectivity index (χ4v) is 2.57. The van der Waals surface area contributed by atoms with Crippen molar-refractivity contribution in [3.05, 3.63) is 84.9 Å². The van der Waals surface area contributed by atoms with Crippen LogP contribution in [0.2, 0.25) is 0 Å². The van der Waals surface area contributed by atoms with Crippen LogP contribution in [0.25, 0.3) is 6.08 Å². The second kappa shape index (κ2) is 9.20. The maximum atomic E-state index is 9.52. The van der Waals surface area contributed by atoms with Gasteiger partial charge in [-0.05, 0) is 35.9 Å². The number of benzene rings is 3. The third-order valence-corrected chi connectivity index (χ3v) is 4.13. The Hall–Kier alpha value is -3.18. The van der Waals surface area contributed by atoms with Crippen LogP contribution < -0.4 is 9.61 Å². The molecule has 5 heteroatoms. The lowest BCUT2D eigenvalue weighted by molar-refractivity contribution is 0.443. The summed E-state index contributed by atoms with van der Waals surface area (Å²) < 4.78 is 5.42. The van der Waals surface area contributed by atoms with Gasteiger partial charge in [0.25, 0.3) is 0 Å². The molecule has 0 fully saturated rings. The van der Waals surface area contributed by atoms with Gasteiger partial charge in [0, 0.05) is 5.19 Å². The number of rotatable bonds is 4. The molecule has 0 spiro atoms. The van der Waals surface area contributed by atoms with E-state index in [1.807, 2.05) is 18.2 Å². The van der Waals surface area contributed by atoms with E-state index in [4.69, 9.17) is 9.53 Å². The van der Waals surface area contributed by atoms with Gasteiger partial charge < -0.3 is 19.7 Å². The summed E-state index contributed by atoms with van der Waals surface area (Å²) in [6.07, 6.45) is 1.74. The molecule has 3 aromatic rings. The summed E-state index contributed by atoms with van der Waals surface area (Å²) in [5, 5.41) is 28.5. The fourth-order valence-electron chi connectivity index (χ4n) is 1.82. The second-order valence-electron chi connectivity index (χ2n) is 4.98. The summed E-state index contributed by atoms with van der Waals surface area (Å²) in [4.78, 5) is 0. The van der Waals surface area contributed by atoms with Crippen molar-refractivity contribution in [1.29, 1.82) is 0 Å². The molecular formula is C20H18O4Si. The predicted octanol–water partition coefficient (Wildman–Crippen LogP) is 3.46. The molecule has 0 aliphatic rings. The molecule has 3 aromatic carbocycles. The number of aromatic hydroxyl groups is 3. The van der Waals surface area contributed by atoms with E-state index in [1.165, 1.54) is 0 Å². The molecule has 0 atom stereocenters. The molecule has 3 rings (SSSR count). The molecule has 2 radical (unpaired) electrons. The van der Waals surface area contributed by atoms with Crippen molar-refractivity contribution in [1.82, 2.24) is 0 Å². The molecule has 0 saturated carbocycles. The van der Waals surface area contributed by atoms with Crippen LogP contribution in [0.15, 0.2) is 79.4 Å². The summed E-state index contributed by atoms with van der Waals surface area (Å²) in [6.45, 7) is 3.58. The van der Waals surface area contributed by atoms with E-state index in [1.54, 1.807) is 60.7 Å². The molecule has 0 saturated heterocycles. The fraction of sp³-hybridized carbons (Fsp3) is 0. The van der Waals surface area contributed by atoms with E-state index in [0.29, 0.717) is 16.7 Å². The number of hydrogen-bond donors (Lipinski definition) is 3. The zero-order valence-electron chi connectivity index (χ0n) is 13.5. The largest absolute Gasteiger partial charge is 0.533 e. The molecule has 0 aromatic heterocycles. The molecule has 126 valence electrons. The zero-order valence-corrected chi connectivity index (χ0v) is 14.5. The molecule has 0 unspecified atom stereocenters. The Morgan fingerprint density at radius 3 is 1.96 bits per heavy atom. The van der Waals surface area contributed by atoms with E-state index >= 15 is 0 Å². The van der Waals surface area contributed by atoms with Gasteiger partial charge in [0.15, 0.2) is 5.75 Å². The van der Waals surface area contributed by atoms with Gasteiger partial charge in [0.2, 0.25) is 0 Å². The molecule has 0 aliphatic heterocycles. The third-order valence-electron chi connectivity index (χ3n) is 3.17. The summed E-state index contributed by atoms with van der Waals surface area (Å²) >= 11 is 0. The lowest BCUT2D eigenvalue weighted by Gasteiger charge is -2.07. The van der Waals surface area contributed by atoms with Crippen LogP contribution in [0.1, 0.15) is 5.56 Å². The average molecular weight is 350 g/mol. The third kappa shape index (κ3) is 5.75. The van der Waals surface area contributed by atoms with E-state index in [9.17, 15) is 10.2 Å². The van der Waals surface area contributed by atoms with Gasteiger partial charge in [-0.25, -0.2) is 0 Å². The highest BCUT2D eigenvalue weighted by molar-refractivity contribution is 6.49. The van der Waals surface area contributed by atoms with Crippen molar-refractivity contribution < 1.29 is 19.7 Å². The minimum Gasteiger partial charge on any atom is -0.533 e. The van der Waals surface area contributed by atoms with Crippen LogP contribution in [0.5, 0.6) is 23.0 Å². The van der Waals surface area contributed by atoms with E-state index in [0.717, 1.165) is 5.56 Å². The Kier molecular flexibility index (Phi) is 6.68. The maximum Gasteiger partial charge on any atom is 0.355 e. The minimum atomic E-state index is -0.0329. The van der Waals surface area contributed by atoms with Crippen LogP contribution in [0.4, 0.5) is 0 Å². The molecule has 25 heavy (non-hydrogen) atoms. The number of phenols is 3. The van der Waals surface area contributed by atoms with E-state index < -0.39 is 0 Å². The van der Waals surface area contributed by atoms with Crippen LogP contribution in [0.3, 0.4) is 0 Å². The Morgan fingerprint density at radius 1 is 0.760 bits per heavy atom. The van der Waals surface area contributed by atoms with Crippen molar-refractivity contribution in [2.24, 2.45) is 0 Å². The quantitative estimate of drug-likeness (QED) is 0.630. The summed E-state index contributed by atoms with van der Waals surface area (Å²) in [7, 11) is -0.0329. The first-order valence-corrected chi connectivity index (χ1v) is 8.41. The lowest BCUT2D eigenvalue weighted by Crippen LogP contribution is -2.20. The lowest BCUT2D eigenvalue weighted by atomic mass is 10.2. The first-order chi connectivity index (χ1) is 12.1. The Balaban J connectivity index is 0.000000212. The Labute approximate surface area is 149 Å². The number of para-hydroxylation sites is 3. The highest BCUT2D eigenvalue weighted by atomic mass is 28.2. The van der Waals surface area contributed by atoms with E-state index in [-0.39, 0.29) is 21.3 Å². The highest BCUT2D eigenvalue weighted by Crippen LogP contribution is 2.23. The van der Waals surface area contributed by atoms with Crippen LogP contribution in [-0.4, -0.2) is 25.1 Å². The van der Waals surface area contributed by atoms with Gasteiger partial charge in [0.1, 0.15) is 17.2 Å². The molecule has 0 bridgehead atoms. The van der Waals surface area contributed by atoms with Crippen LogP contribution >= 0.6 is 0 Å². The topological polar surface area (TPSA) is 69.9 Å². The van der Waals surface area contributed by atoms with Crippen molar-refractivity contribution in [2.75, 3.05) is 0 Å². The highest BCUT2D eigenvalue weighted by Gasteiger charge is 2.06. The van der Waals surface area contributed by atoms with Gasteiger partial charge in [-0.15, -0.1) is 0 Å². The zero-order chi connectivity index (χ0) is 18.1. The van der Waals surface area contributed by atoms with Gasteiger partial charge >= 0.3 is 9.76 Å². The summed E-state index contributed by atoms with van der Waals surface area (Å²) in [5.41, 5.74) is 1.02. The molecule has 0 amide bonds. The molecule has 0 aliphatic carbocycles. The van der Waals surface area contributed by atoms with Crippen molar-refractivity contribution >= 4 is 21.0 Å². The molecule has 0 heterocycles. The monoisotopic (exact) mass is 350 g/mol. The average Bonchev–Trinajstić information content (AvgIpc) is 2.63. The van der Waals surface area contributed by atoms with Gasteiger partial charge in [0.05, 0.1) is 0 Å². The summed E-state index contributed by atoms with van der Waals surface area (Å²) in [6, 6.07) is 20.6. The van der Waals surface area contributed by atoms with Crippen molar-refractivity contribution in [2.45, 2.75) is 0 Å². The number of phenolic OH excluding ortho intramolecular Hbond substituents is 3. The molecule has 3 N–H and O–H groups in total. The van der Waals surface area contributed by atoms with Crippen LogP contribution in [0, 0.1) is 0 Å². The Bertz CT molecular complexity index is 770. The smallest absolute Gasteiger partial charge is 0.355 e. The maximum absolute atomic E-state index is 9.52. The first-order valence-electron chi connectivity index (χ1n) is 7.50. The van der Waals surface area contributed by atoms with Gasteiger partial charge in [-0.2, -0.15) is 0 Å². The second-order valence-corrected chi connectivity index (χ2v) is 5.93. The predicted molar refractivity (Wildman–Crippen MR) is 100 cm³/mol. The van der Waals surface area contributed by atoms with Gasteiger partial charge in [-0.3, -0.25) is 0 Å². The first kappa shape index (κ1) is 18.2. The Morgan fingerprint density at radius 2 is 1.36 bits per heavy atom. The summed E-state index contributed by atoms with van der Waals surface area (Å²) in [5.74, 6) is 1.02. The van der Waals surface area contributed by atoms with Crippen LogP contribution in [-0.2, 0) is 0 Å². The van der Waals surface area contributed by atoms with Crippen molar-refractivity contribution in [3.63, 3.8) is 0 Å². The van der Waals surface area contributed by atoms with Crippen molar-refractivity contribution in [3.8, 4) is 23.0 Å². The van der Waals surface area contributed by atoms with E-state index in [2.05, 4.69) is 6.58 Å². The minimum absolute atomic E-state index is 0.0329. The standard InChI is InChI=1S/C12H10O3Si.C8H8O/c13-9-5-1-3-7-11(9)15-16-12-8-4-2-6-10(12)14;1-2-7-3-5-8(9)6-4-7/h1-8,13-14H;2-6,9H,1H2. The van der Waals surface area contributed by atoms with Gasteiger partial charge in [-0.1, -0.05) is 55.1 Å².